The number of aromatic nitrogens is 1. The highest BCUT2D eigenvalue weighted by molar-refractivity contribution is 5.11. The largest absolute Gasteiger partial charge is 0.379 e. The van der Waals surface area contributed by atoms with Crippen molar-refractivity contribution in [2.45, 2.75) is 58.2 Å². The predicted octanol–water partition coefficient (Wildman–Crippen LogP) is 2.15. The Kier molecular flexibility index (Phi) is 5.88. The third-order valence-electron chi connectivity index (χ3n) is 7.17. The maximum atomic E-state index is 5.61. The molecule has 2 aliphatic heterocycles. The van der Waals surface area contributed by atoms with E-state index in [1.165, 1.54) is 32.4 Å². The van der Waals surface area contributed by atoms with Crippen molar-refractivity contribution in [3.05, 3.63) is 17.5 Å². The number of hydrogen-bond donors (Lipinski definition) is 1. The molecule has 152 valence electrons. The molecule has 27 heavy (non-hydrogen) atoms. The molecule has 1 aliphatic carbocycles. The molecule has 0 bridgehead atoms. The van der Waals surface area contributed by atoms with Gasteiger partial charge in [0.2, 0.25) is 0 Å². The summed E-state index contributed by atoms with van der Waals surface area (Å²) in [6, 6.07) is 3.50. The second kappa shape index (κ2) is 8.19. The van der Waals surface area contributed by atoms with E-state index < -0.39 is 0 Å². The molecule has 1 aromatic heterocycles. The minimum atomic E-state index is 0.326. The molecule has 0 aromatic carbocycles. The second-order valence-corrected chi connectivity index (χ2v) is 9.43. The highest BCUT2D eigenvalue weighted by Crippen LogP contribution is 2.48. The fourth-order valence-corrected chi connectivity index (χ4v) is 4.86. The third kappa shape index (κ3) is 4.56. The molecule has 0 spiro atoms. The van der Waals surface area contributed by atoms with Gasteiger partial charge in [0, 0.05) is 31.2 Å². The van der Waals surface area contributed by atoms with Crippen LogP contribution in [0.5, 0.6) is 0 Å². The smallest absolute Gasteiger partial charge is 0.150 e. The first-order valence-corrected chi connectivity index (χ1v) is 10.7. The zero-order valence-electron chi connectivity index (χ0n) is 17.2. The molecule has 3 aliphatic rings. The molecular weight excluding hydrogens is 340 g/mol. The topological polar surface area (TPSA) is 53.8 Å². The third-order valence-corrected chi connectivity index (χ3v) is 7.17. The van der Waals surface area contributed by atoms with E-state index in [0.717, 1.165) is 50.7 Å². The molecule has 6 heteroatoms. The summed E-state index contributed by atoms with van der Waals surface area (Å²) < 4.78 is 11.0. The van der Waals surface area contributed by atoms with Gasteiger partial charge in [-0.2, -0.15) is 0 Å². The Morgan fingerprint density at radius 2 is 1.93 bits per heavy atom. The number of rotatable bonds is 6. The van der Waals surface area contributed by atoms with Gasteiger partial charge in [-0.1, -0.05) is 19.0 Å². The Labute approximate surface area is 163 Å². The van der Waals surface area contributed by atoms with Crippen LogP contribution in [-0.2, 0) is 17.7 Å². The summed E-state index contributed by atoms with van der Waals surface area (Å²) >= 11 is 0. The molecule has 1 saturated carbocycles. The molecule has 2 atom stereocenters. The van der Waals surface area contributed by atoms with Crippen molar-refractivity contribution in [2.24, 2.45) is 11.3 Å². The van der Waals surface area contributed by atoms with Crippen LogP contribution in [0, 0.1) is 11.3 Å². The van der Waals surface area contributed by atoms with Crippen LogP contribution in [0.25, 0.3) is 0 Å². The Balaban J connectivity index is 1.25. The Morgan fingerprint density at radius 1 is 1.19 bits per heavy atom. The molecule has 3 heterocycles. The Bertz CT molecular complexity index is 603. The predicted molar refractivity (Wildman–Crippen MR) is 106 cm³/mol. The van der Waals surface area contributed by atoms with Crippen LogP contribution in [0.15, 0.2) is 10.6 Å². The minimum absolute atomic E-state index is 0.326. The first-order chi connectivity index (χ1) is 13.0. The van der Waals surface area contributed by atoms with Gasteiger partial charge in [0.25, 0.3) is 0 Å². The summed E-state index contributed by atoms with van der Waals surface area (Å²) in [5.74, 6) is 1.67. The molecule has 2 saturated heterocycles. The van der Waals surface area contributed by atoms with E-state index >= 15 is 0 Å². The number of piperidine rings is 1. The van der Waals surface area contributed by atoms with Crippen molar-refractivity contribution >= 4 is 0 Å². The van der Waals surface area contributed by atoms with Gasteiger partial charge < -0.3 is 19.5 Å². The van der Waals surface area contributed by atoms with E-state index in [1.807, 2.05) is 0 Å². The summed E-state index contributed by atoms with van der Waals surface area (Å²) in [6.07, 6.45) is 4.85. The van der Waals surface area contributed by atoms with Crippen LogP contribution in [0.1, 0.15) is 44.6 Å². The molecular formula is C21H36N4O2. The number of nitrogens with one attached hydrogen (secondary N) is 1. The molecule has 0 unspecified atom stereocenters. The first-order valence-electron chi connectivity index (χ1n) is 10.7. The molecule has 1 aromatic rings. The molecule has 4 rings (SSSR count). The second-order valence-electron chi connectivity index (χ2n) is 9.43. The maximum Gasteiger partial charge on any atom is 0.150 e. The van der Waals surface area contributed by atoms with Crippen molar-refractivity contribution in [1.29, 1.82) is 0 Å². The highest BCUT2D eigenvalue weighted by Gasteiger charge is 2.48. The van der Waals surface area contributed by atoms with Crippen molar-refractivity contribution in [1.82, 2.24) is 20.3 Å². The molecule has 6 nitrogen and oxygen atoms in total. The van der Waals surface area contributed by atoms with Crippen molar-refractivity contribution in [3.63, 3.8) is 0 Å². The van der Waals surface area contributed by atoms with Gasteiger partial charge in [0.1, 0.15) is 0 Å². The monoisotopic (exact) mass is 376 g/mol. The Morgan fingerprint density at radius 3 is 2.63 bits per heavy atom. The highest BCUT2D eigenvalue weighted by atomic mass is 16.5. The van der Waals surface area contributed by atoms with Crippen molar-refractivity contribution in [3.8, 4) is 0 Å². The van der Waals surface area contributed by atoms with Crippen LogP contribution in [0.4, 0.5) is 0 Å². The van der Waals surface area contributed by atoms with Gasteiger partial charge in [-0.15, -0.1) is 0 Å². The van der Waals surface area contributed by atoms with Crippen LogP contribution in [0.3, 0.4) is 0 Å². The van der Waals surface area contributed by atoms with Crippen molar-refractivity contribution < 1.29 is 9.26 Å². The summed E-state index contributed by atoms with van der Waals surface area (Å²) in [5.41, 5.74) is 1.45. The zero-order chi connectivity index (χ0) is 18.9. The lowest BCUT2D eigenvalue weighted by molar-refractivity contribution is 0.00204. The lowest BCUT2D eigenvalue weighted by Gasteiger charge is -2.54. The minimum Gasteiger partial charge on any atom is -0.379 e. The summed E-state index contributed by atoms with van der Waals surface area (Å²) in [4.78, 5) is 4.81. The summed E-state index contributed by atoms with van der Waals surface area (Å²) in [7, 11) is 2.23. The lowest BCUT2D eigenvalue weighted by atomic mass is 9.57. The van der Waals surface area contributed by atoms with Crippen LogP contribution >= 0.6 is 0 Å². The average molecular weight is 377 g/mol. The fourth-order valence-electron chi connectivity index (χ4n) is 4.86. The zero-order valence-corrected chi connectivity index (χ0v) is 17.2. The Hall–Kier alpha value is -0.950. The van der Waals surface area contributed by atoms with E-state index in [4.69, 9.17) is 9.26 Å². The van der Waals surface area contributed by atoms with Gasteiger partial charge in [0.15, 0.2) is 5.76 Å². The average Bonchev–Trinajstić information content (AvgIpc) is 3.10. The van der Waals surface area contributed by atoms with Crippen LogP contribution in [-0.4, -0.2) is 73.5 Å². The molecule has 1 N–H and O–H groups in total. The van der Waals surface area contributed by atoms with Gasteiger partial charge in [-0.3, -0.25) is 4.90 Å². The lowest BCUT2D eigenvalue weighted by Crippen LogP contribution is -2.60. The van der Waals surface area contributed by atoms with E-state index in [9.17, 15) is 0 Å². The SMILES string of the molecule is CN1CCC(N[C@H]2C[C@@H](Cc3cc(CN4CCOCC4)on3)C2(C)C)CC1. The standard InChI is InChI=1S/C21H36N4O2/c1-21(2)16(13-20(21)22-17-4-6-24(3)7-5-17)12-18-14-19(27-23-18)15-25-8-10-26-11-9-25/h14,16-17,20,22H,4-13,15H2,1-3H3/t16-,20+/m1/s1. The number of ether oxygens (including phenoxy) is 1. The van der Waals surface area contributed by atoms with E-state index in [1.54, 1.807) is 0 Å². The first kappa shape index (κ1) is 19.4. The quantitative estimate of drug-likeness (QED) is 0.821. The van der Waals surface area contributed by atoms with E-state index in [-0.39, 0.29) is 0 Å². The molecule has 0 radical (unpaired) electrons. The number of likely N-dealkylation sites (tertiary alicyclic amines) is 1. The van der Waals surface area contributed by atoms with E-state index in [2.05, 4.69) is 47.2 Å². The fraction of sp³-hybridized carbons (Fsp3) is 0.857. The number of nitrogens with zero attached hydrogens (tertiary/aromatic N) is 3. The van der Waals surface area contributed by atoms with Gasteiger partial charge in [-0.05, 0) is 57.2 Å². The molecule has 3 fully saturated rings. The van der Waals surface area contributed by atoms with Gasteiger partial charge >= 0.3 is 0 Å². The maximum absolute atomic E-state index is 5.61. The van der Waals surface area contributed by atoms with Crippen LogP contribution < -0.4 is 5.32 Å². The normalized spacial score (nSPS) is 30.3. The molecule has 0 amide bonds. The summed E-state index contributed by atoms with van der Waals surface area (Å²) in [6.45, 7) is 11.7. The number of morpholine rings is 1. The van der Waals surface area contributed by atoms with Crippen LogP contribution in [0.2, 0.25) is 0 Å². The van der Waals surface area contributed by atoms with E-state index in [0.29, 0.717) is 23.4 Å². The number of hydrogen-bond acceptors (Lipinski definition) is 6. The van der Waals surface area contributed by atoms with Gasteiger partial charge in [-0.25, -0.2) is 0 Å². The summed E-state index contributed by atoms with van der Waals surface area (Å²) in [5, 5.41) is 8.31. The van der Waals surface area contributed by atoms with Gasteiger partial charge in [0.05, 0.1) is 25.5 Å². The van der Waals surface area contributed by atoms with Crippen molar-refractivity contribution in [2.75, 3.05) is 46.4 Å².